The number of fused-ring (bicyclic) bond motifs is 1. The standard InChI is InChI=1S/C8H12N4O5/c1-10-4(13)7(16)8(17,9-5(10)14)12(3)6(15)11(7)2/h16-17H,1-3H3,(H,9,14). The van der Waals surface area contributed by atoms with Crippen LogP contribution in [-0.2, 0) is 4.79 Å². The molecule has 0 saturated carbocycles. The first-order valence-electron chi connectivity index (χ1n) is 4.74. The molecule has 5 amide bonds. The van der Waals surface area contributed by atoms with Crippen molar-refractivity contribution in [2.24, 2.45) is 0 Å². The topological polar surface area (TPSA) is 113 Å². The van der Waals surface area contributed by atoms with Gasteiger partial charge in [0.05, 0.1) is 0 Å². The summed E-state index contributed by atoms with van der Waals surface area (Å²) in [5.41, 5.74) is -2.54. The van der Waals surface area contributed by atoms with Crippen molar-refractivity contribution in [2.45, 2.75) is 11.6 Å². The molecule has 0 aromatic heterocycles. The lowest BCUT2D eigenvalue weighted by Crippen LogP contribution is -2.80. The minimum atomic E-state index is -2.54. The zero-order valence-electron chi connectivity index (χ0n) is 9.46. The van der Waals surface area contributed by atoms with Gasteiger partial charge in [0, 0.05) is 21.1 Å². The van der Waals surface area contributed by atoms with Crippen LogP contribution in [0.3, 0.4) is 0 Å². The first-order valence-corrected chi connectivity index (χ1v) is 4.74. The van der Waals surface area contributed by atoms with Gasteiger partial charge in [0.15, 0.2) is 0 Å². The first kappa shape index (κ1) is 11.6. The molecule has 94 valence electrons. The van der Waals surface area contributed by atoms with Gasteiger partial charge in [-0.15, -0.1) is 0 Å². The summed E-state index contributed by atoms with van der Waals surface area (Å²) < 4.78 is 0. The highest BCUT2D eigenvalue weighted by atomic mass is 16.4. The number of hydrogen-bond donors (Lipinski definition) is 3. The quantitative estimate of drug-likeness (QED) is 0.436. The largest absolute Gasteiger partial charge is 0.358 e. The molecular weight excluding hydrogens is 232 g/mol. The number of rotatable bonds is 0. The summed E-state index contributed by atoms with van der Waals surface area (Å²) in [6, 6.07) is -1.70. The Morgan fingerprint density at radius 1 is 1.06 bits per heavy atom. The van der Waals surface area contributed by atoms with Gasteiger partial charge >= 0.3 is 12.1 Å². The molecule has 2 unspecified atom stereocenters. The summed E-state index contributed by atoms with van der Waals surface area (Å²) in [7, 11) is 3.45. The monoisotopic (exact) mass is 244 g/mol. The van der Waals surface area contributed by atoms with Crippen LogP contribution in [0.5, 0.6) is 0 Å². The Morgan fingerprint density at radius 3 is 2.12 bits per heavy atom. The number of likely N-dealkylation sites (N-methyl/N-ethyl adjacent to an activating group) is 3. The summed E-state index contributed by atoms with van der Waals surface area (Å²) in [6.45, 7) is 0. The van der Waals surface area contributed by atoms with Gasteiger partial charge < -0.3 is 10.2 Å². The van der Waals surface area contributed by atoms with E-state index >= 15 is 0 Å². The van der Waals surface area contributed by atoms with E-state index in [9.17, 15) is 24.6 Å². The molecule has 3 N–H and O–H groups in total. The van der Waals surface area contributed by atoms with Gasteiger partial charge in [-0.2, -0.15) is 0 Å². The van der Waals surface area contributed by atoms with E-state index in [1.165, 1.54) is 0 Å². The van der Waals surface area contributed by atoms with Crippen molar-refractivity contribution in [3.05, 3.63) is 0 Å². The van der Waals surface area contributed by atoms with Crippen molar-refractivity contribution in [1.29, 1.82) is 0 Å². The maximum Gasteiger partial charge on any atom is 0.327 e. The summed E-state index contributed by atoms with van der Waals surface area (Å²) in [5.74, 6) is -3.55. The van der Waals surface area contributed by atoms with Crippen molar-refractivity contribution >= 4 is 18.0 Å². The summed E-state index contributed by atoms with van der Waals surface area (Å²) in [4.78, 5) is 36.9. The highest BCUT2D eigenvalue weighted by molar-refractivity contribution is 6.05. The number of carbonyl (C=O) groups is 3. The van der Waals surface area contributed by atoms with Crippen molar-refractivity contribution in [3.63, 3.8) is 0 Å². The molecular formula is C8H12N4O5. The molecule has 0 radical (unpaired) electrons. The van der Waals surface area contributed by atoms with Gasteiger partial charge in [-0.1, -0.05) is 0 Å². The molecule has 2 rings (SSSR count). The zero-order chi connectivity index (χ0) is 13.2. The Kier molecular flexibility index (Phi) is 1.96. The normalized spacial score (nSPS) is 37.5. The SMILES string of the molecule is CN1C(=O)NC2(O)N(C)C(=O)N(C)C2(O)C1=O. The molecule has 0 aromatic carbocycles. The third-order valence-corrected chi connectivity index (χ3v) is 3.22. The molecule has 2 aliphatic rings. The Morgan fingerprint density at radius 2 is 1.59 bits per heavy atom. The molecule has 2 saturated heterocycles. The lowest BCUT2D eigenvalue weighted by Gasteiger charge is -2.45. The Labute approximate surface area is 96.2 Å². The first-order chi connectivity index (χ1) is 7.68. The zero-order valence-corrected chi connectivity index (χ0v) is 9.46. The molecule has 2 fully saturated rings. The van der Waals surface area contributed by atoms with Gasteiger partial charge in [0.2, 0.25) is 0 Å². The van der Waals surface area contributed by atoms with Crippen LogP contribution >= 0.6 is 0 Å². The second kappa shape index (κ2) is 2.87. The van der Waals surface area contributed by atoms with E-state index in [1.54, 1.807) is 0 Å². The van der Waals surface area contributed by atoms with Crippen LogP contribution < -0.4 is 5.32 Å². The van der Waals surface area contributed by atoms with E-state index in [1.807, 2.05) is 5.32 Å². The van der Waals surface area contributed by atoms with Crippen LogP contribution in [0.2, 0.25) is 0 Å². The average molecular weight is 244 g/mol. The van der Waals surface area contributed by atoms with Crippen LogP contribution in [0, 0.1) is 0 Å². The fourth-order valence-electron chi connectivity index (χ4n) is 1.99. The maximum absolute atomic E-state index is 11.9. The summed E-state index contributed by atoms with van der Waals surface area (Å²) in [5, 5.41) is 22.4. The van der Waals surface area contributed by atoms with Gasteiger partial charge in [-0.25, -0.2) is 9.59 Å². The highest BCUT2D eigenvalue weighted by Crippen LogP contribution is 2.38. The number of nitrogens with one attached hydrogen (secondary N) is 1. The molecule has 2 atom stereocenters. The van der Waals surface area contributed by atoms with Crippen LogP contribution in [0.25, 0.3) is 0 Å². The predicted molar refractivity (Wildman–Crippen MR) is 52.1 cm³/mol. The van der Waals surface area contributed by atoms with Crippen molar-refractivity contribution in [3.8, 4) is 0 Å². The number of imide groups is 1. The number of amides is 5. The van der Waals surface area contributed by atoms with E-state index in [0.29, 0.717) is 14.7 Å². The maximum atomic E-state index is 11.9. The number of hydrogen-bond acceptors (Lipinski definition) is 5. The predicted octanol–water partition coefficient (Wildman–Crippen LogP) is -2.50. The molecule has 2 heterocycles. The molecule has 9 heteroatoms. The number of carbonyl (C=O) groups excluding carboxylic acids is 3. The second-order valence-electron chi connectivity index (χ2n) is 4.04. The van der Waals surface area contributed by atoms with E-state index in [2.05, 4.69) is 0 Å². The van der Waals surface area contributed by atoms with Gasteiger partial charge in [0.25, 0.3) is 17.5 Å². The number of aliphatic hydroxyl groups is 2. The molecule has 0 bridgehead atoms. The van der Waals surface area contributed by atoms with Crippen molar-refractivity contribution < 1.29 is 24.6 Å². The smallest absolute Gasteiger partial charge is 0.327 e. The lowest BCUT2D eigenvalue weighted by molar-refractivity contribution is -0.240. The number of nitrogens with zero attached hydrogens (tertiary/aromatic N) is 3. The summed E-state index contributed by atoms with van der Waals surface area (Å²) in [6.07, 6.45) is 0. The second-order valence-corrected chi connectivity index (χ2v) is 4.04. The van der Waals surface area contributed by atoms with E-state index in [-0.39, 0.29) is 0 Å². The fourth-order valence-corrected chi connectivity index (χ4v) is 1.99. The number of urea groups is 2. The molecule has 0 spiro atoms. The molecule has 0 aromatic rings. The van der Waals surface area contributed by atoms with Crippen LogP contribution in [0.1, 0.15) is 0 Å². The minimum absolute atomic E-state index is 0.595. The lowest BCUT2D eigenvalue weighted by atomic mass is 10.0. The molecule has 0 aliphatic carbocycles. The van der Waals surface area contributed by atoms with E-state index in [4.69, 9.17) is 0 Å². The Hall–Kier alpha value is -1.87. The molecule has 2 aliphatic heterocycles. The van der Waals surface area contributed by atoms with Gasteiger partial charge in [0.1, 0.15) is 0 Å². The van der Waals surface area contributed by atoms with Crippen molar-refractivity contribution in [2.75, 3.05) is 21.1 Å². The average Bonchev–Trinajstić information content (AvgIpc) is 2.41. The fraction of sp³-hybridized carbons (Fsp3) is 0.625. The van der Waals surface area contributed by atoms with Gasteiger partial charge in [-0.3, -0.25) is 24.8 Å². The third kappa shape index (κ3) is 0.977. The van der Waals surface area contributed by atoms with Crippen LogP contribution in [-0.4, -0.2) is 75.6 Å². The highest BCUT2D eigenvalue weighted by Gasteiger charge is 2.73. The molecule has 17 heavy (non-hydrogen) atoms. The van der Waals surface area contributed by atoms with Crippen LogP contribution in [0.15, 0.2) is 0 Å². The molecule has 9 nitrogen and oxygen atoms in total. The van der Waals surface area contributed by atoms with E-state index < -0.39 is 29.5 Å². The Balaban J connectivity index is 2.62. The minimum Gasteiger partial charge on any atom is -0.358 e. The van der Waals surface area contributed by atoms with Gasteiger partial charge in [-0.05, 0) is 0 Å². The van der Waals surface area contributed by atoms with Crippen LogP contribution in [0.4, 0.5) is 9.59 Å². The van der Waals surface area contributed by atoms with E-state index in [0.717, 1.165) is 21.1 Å². The third-order valence-electron chi connectivity index (χ3n) is 3.22. The Bertz CT molecular complexity index is 440. The summed E-state index contributed by atoms with van der Waals surface area (Å²) >= 11 is 0. The van der Waals surface area contributed by atoms with Crippen molar-refractivity contribution in [1.82, 2.24) is 20.0 Å².